The van der Waals surface area contributed by atoms with Gasteiger partial charge in [0, 0.05) is 12.5 Å². The minimum atomic E-state index is 0.521. The number of nitrogens with zero attached hydrogens (tertiary/aromatic N) is 2. The lowest BCUT2D eigenvalue weighted by Gasteiger charge is -2.31. The zero-order valence-electron chi connectivity index (χ0n) is 11.6. The first kappa shape index (κ1) is 13.4. The summed E-state index contributed by atoms with van der Waals surface area (Å²) in [6.07, 6.45) is 8.00. The van der Waals surface area contributed by atoms with E-state index in [0.29, 0.717) is 11.8 Å². The van der Waals surface area contributed by atoms with Crippen LogP contribution in [0.3, 0.4) is 0 Å². The van der Waals surface area contributed by atoms with E-state index in [1.165, 1.54) is 31.4 Å². The van der Waals surface area contributed by atoms with Crippen molar-refractivity contribution in [1.82, 2.24) is 9.78 Å². The van der Waals surface area contributed by atoms with Crippen LogP contribution in [-0.2, 0) is 6.54 Å². The summed E-state index contributed by atoms with van der Waals surface area (Å²) in [5.74, 6) is 2.04. The van der Waals surface area contributed by atoms with E-state index in [0.717, 1.165) is 25.3 Å². The maximum absolute atomic E-state index is 5.94. The first-order valence-electron chi connectivity index (χ1n) is 7.11. The van der Waals surface area contributed by atoms with Crippen molar-refractivity contribution >= 4 is 0 Å². The maximum Gasteiger partial charge on any atom is 0.160 e. The highest BCUT2D eigenvalue weighted by atomic mass is 16.5. The first-order chi connectivity index (χ1) is 8.81. The van der Waals surface area contributed by atoms with Crippen molar-refractivity contribution in [3.05, 3.63) is 11.9 Å². The molecular weight excluding hydrogens is 226 g/mol. The molecule has 0 aliphatic heterocycles. The van der Waals surface area contributed by atoms with Crippen LogP contribution in [0.2, 0.25) is 0 Å². The zero-order valence-corrected chi connectivity index (χ0v) is 11.6. The minimum absolute atomic E-state index is 0.521. The molecule has 4 nitrogen and oxygen atoms in total. The average Bonchev–Trinajstić information content (AvgIpc) is 2.82. The number of rotatable bonds is 5. The van der Waals surface area contributed by atoms with Crippen molar-refractivity contribution in [2.24, 2.45) is 11.7 Å². The topological polar surface area (TPSA) is 53.1 Å². The number of aromatic nitrogens is 2. The van der Waals surface area contributed by atoms with Crippen LogP contribution in [0.5, 0.6) is 5.75 Å². The Morgan fingerprint density at radius 2 is 2.22 bits per heavy atom. The normalized spacial score (nSPS) is 24.2. The van der Waals surface area contributed by atoms with Gasteiger partial charge < -0.3 is 10.5 Å². The molecule has 102 valence electrons. The Labute approximate surface area is 110 Å². The number of nitrogens with two attached hydrogens (primary N) is 1. The molecule has 2 unspecified atom stereocenters. The smallest absolute Gasteiger partial charge is 0.160 e. The molecule has 1 saturated carbocycles. The Hall–Kier alpha value is -1.03. The average molecular weight is 251 g/mol. The predicted octanol–water partition coefficient (Wildman–Crippen LogP) is 2.53. The van der Waals surface area contributed by atoms with Crippen molar-refractivity contribution in [2.75, 3.05) is 13.7 Å². The second-order valence-electron chi connectivity index (χ2n) is 5.21. The molecule has 1 aromatic heterocycles. The largest absolute Gasteiger partial charge is 0.493 e. The van der Waals surface area contributed by atoms with Crippen molar-refractivity contribution in [2.45, 2.75) is 51.5 Å². The molecule has 1 aliphatic rings. The molecule has 18 heavy (non-hydrogen) atoms. The van der Waals surface area contributed by atoms with Gasteiger partial charge in [-0.2, -0.15) is 5.10 Å². The summed E-state index contributed by atoms with van der Waals surface area (Å²) >= 11 is 0. The monoisotopic (exact) mass is 251 g/mol. The van der Waals surface area contributed by atoms with Gasteiger partial charge in [-0.05, 0) is 31.7 Å². The number of methoxy groups -OCH3 is 1. The van der Waals surface area contributed by atoms with E-state index in [1.54, 1.807) is 7.11 Å². The highest BCUT2D eigenvalue weighted by Gasteiger charge is 2.30. The van der Waals surface area contributed by atoms with Gasteiger partial charge >= 0.3 is 0 Å². The lowest BCUT2D eigenvalue weighted by molar-refractivity contribution is 0.290. The highest BCUT2D eigenvalue weighted by Crippen LogP contribution is 2.40. The molecule has 0 saturated heterocycles. The van der Waals surface area contributed by atoms with Crippen LogP contribution in [0.25, 0.3) is 0 Å². The van der Waals surface area contributed by atoms with E-state index < -0.39 is 0 Å². The molecule has 1 aromatic rings. The summed E-state index contributed by atoms with van der Waals surface area (Å²) in [5.41, 5.74) is 7.22. The first-order valence-corrected chi connectivity index (χ1v) is 7.11. The van der Waals surface area contributed by atoms with Crippen LogP contribution >= 0.6 is 0 Å². The fraction of sp³-hybridized carbons (Fsp3) is 0.786. The molecule has 2 N–H and O–H groups in total. The quantitative estimate of drug-likeness (QED) is 0.875. The molecule has 0 amide bonds. The summed E-state index contributed by atoms with van der Waals surface area (Å²) in [4.78, 5) is 0. The van der Waals surface area contributed by atoms with E-state index >= 15 is 0 Å². The zero-order chi connectivity index (χ0) is 13.0. The van der Waals surface area contributed by atoms with Crippen LogP contribution < -0.4 is 10.5 Å². The van der Waals surface area contributed by atoms with Crippen LogP contribution in [0.4, 0.5) is 0 Å². The van der Waals surface area contributed by atoms with Crippen molar-refractivity contribution in [3.8, 4) is 5.75 Å². The lowest BCUT2D eigenvalue weighted by Crippen LogP contribution is -2.27. The van der Waals surface area contributed by atoms with Crippen molar-refractivity contribution < 1.29 is 4.74 Å². The Morgan fingerprint density at radius 1 is 1.44 bits per heavy atom. The molecule has 4 heteroatoms. The minimum Gasteiger partial charge on any atom is -0.493 e. The molecule has 1 aliphatic carbocycles. The van der Waals surface area contributed by atoms with E-state index in [9.17, 15) is 0 Å². The molecule has 0 spiro atoms. The molecule has 0 aromatic carbocycles. The number of aryl methyl sites for hydroxylation is 1. The highest BCUT2D eigenvalue weighted by molar-refractivity contribution is 5.29. The van der Waals surface area contributed by atoms with Crippen LogP contribution in [-0.4, -0.2) is 23.4 Å². The van der Waals surface area contributed by atoms with Gasteiger partial charge in [0.15, 0.2) is 5.75 Å². The van der Waals surface area contributed by atoms with Crippen molar-refractivity contribution in [1.29, 1.82) is 0 Å². The van der Waals surface area contributed by atoms with Gasteiger partial charge in [0.1, 0.15) is 0 Å². The fourth-order valence-corrected chi connectivity index (χ4v) is 3.15. The van der Waals surface area contributed by atoms with Crippen LogP contribution in [0, 0.1) is 5.92 Å². The molecular formula is C14H25N3O. The Bertz CT molecular complexity index is 375. The second-order valence-corrected chi connectivity index (χ2v) is 5.21. The molecule has 0 radical (unpaired) electrons. The number of ether oxygens (including phenoxy) is 1. The van der Waals surface area contributed by atoms with Crippen LogP contribution in [0.1, 0.15) is 50.6 Å². The second kappa shape index (κ2) is 6.23. The SMILES string of the molecule is CCCn1ncc(OC)c1C1CCCCC1CN. The molecule has 2 rings (SSSR count). The molecule has 1 heterocycles. The predicted molar refractivity (Wildman–Crippen MR) is 72.8 cm³/mol. The summed E-state index contributed by atoms with van der Waals surface area (Å²) in [7, 11) is 1.73. The van der Waals surface area contributed by atoms with Gasteiger partial charge in [0.05, 0.1) is 19.0 Å². The van der Waals surface area contributed by atoms with Crippen molar-refractivity contribution in [3.63, 3.8) is 0 Å². The summed E-state index contributed by atoms with van der Waals surface area (Å²) < 4.78 is 7.62. The Balaban J connectivity index is 2.30. The van der Waals surface area contributed by atoms with E-state index in [1.807, 2.05) is 6.20 Å². The molecule has 2 atom stereocenters. The standard InChI is InChI=1S/C14H25N3O/c1-3-8-17-14(13(18-2)10-16-17)12-7-5-4-6-11(12)9-15/h10-12H,3-9,15H2,1-2H3. The van der Waals surface area contributed by atoms with E-state index in [-0.39, 0.29) is 0 Å². The molecule has 0 bridgehead atoms. The Morgan fingerprint density at radius 3 is 2.89 bits per heavy atom. The Kier molecular flexibility index (Phi) is 4.64. The third-order valence-electron chi connectivity index (χ3n) is 4.06. The number of hydrogen-bond donors (Lipinski definition) is 1. The summed E-state index contributed by atoms with van der Waals surface area (Å²) in [5, 5.41) is 4.47. The van der Waals surface area contributed by atoms with Gasteiger partial charge in [-0.25, -0.2) is 0 Å². The van der Waals surface area contributed by atoms with Gasteiger partial charge in [0.2, 0.25) is 0 Å². The lowest BCUT2D eigenvalue weighted by atomic mass is 9.77. The maximum atomic E-state index is 5.94. The van der Waals surface area contributed by atoms with Gasteiger partial charge in [0.25, 0.3) is 0 Å². The third kappa shape index (κ3) is 2.53. The van der Waals surface area contributed by atoms with Gasteiger partial charge in [-0.3, -0.25) is 4.68 Å². The van der Waals surface area contributed by atoms with Crippen LogP contribution in [0.15, 0.2) is 6.20 Å². The fourth-order valence-electron chi connectivity index (χ4n) is 3.15. The third-order valence-corrected chi connectivity index (χ3v) is 4.06. The summed E-state index contributed by atoms with van der Waals surface area (Å²) in [6, 6.07) is 0. The van der Waals surface area contributed by atoms with Gasteiger partial charge in [-0.15, -0.1) is 0 Å². The van der Waals surface area contributed by atoms with E-state index in [2.05, 4.69) is 16.7 Å². The van der Waals surface area contributed by atoms with E-state index in [4.69, 9.17) is 10.5 Å². The molecule has 1 fully saturated rings. The number of hydrogen-bond acceptors (Lipinski definition) is 3. The van der Waals surface area contributed by atoms with Gasteiger partial charge in [-0.1, -0.05) is 19.8 Å². The summed E-state index contributed by atoms with van der Waals surface area (Å²) in [6.45, 7) is 3.91.